The van der Waals surface area contributed by atoms with Crippen molar-refractivity contribution >= 4 is 11.7 Å². The minimum atomic E-state index is -2.81. The van der Waals surface area contributed by atoms with Gasteiger partial charge in [0.1, 0.15) is 11.5 Å². The van der Waals surface area contributed by atoms with Crippen LogP contribution in [0.1, 0.15) is 43.9 Å². The standard InChI is InChI=1S/C18H22F3N3O2/c1-3-26-18(25)16(22)14-9-23-7-6-15(14)24-10(2)12-5-4-11(19)8-13(12)17(20)21/h4-5,8,10,17,23H,3,6-7,9,22H2,1-2H3. The van der Waals surface area contributed by atoms with Crippen LogP contribution < -0.4 is 11.1 Å². The molecule has 1 fully saturated rings. The maximum atomic E-state index is 13.3. The molecule has 1 atom stereocenters. The lowest BCUT2D eigenvalue weighted by molar-refractivity contribution is -0.138. The van der Waals surface area contributed by atoms with Crippen molar-refractivity contribution in [2.45, 2.75) is 32.7 Å². The molecule has 1 unspecified atom stereocenters. The molecule has 0 aliphatic carbocycles. The highest BCUT2D eigenvalue weighted by atomic mass is 19.3. The van der Waals surface area contributed by atoms with Crippen molar-refractivity contribution in [1.82, 2.24) is 5.32 Å². The fourth-order valence-electron chi connectivity index (χ4n) is 2.82. The van der Waals surface area contributed by atoms with Crippen LogP contribution >= 0.6 is 0 Å². The number of nitrogens with zero attached hydrogens (tertiary/aromatic N) is 1. The summed E-state index contributed by atoms with van der Waals surface area (Å²) in [6, 6.07) is 2.62. The average Bonchev–Trinajstić information content (AvgIpc) is 2.61. The van der Waals surface area contributed by atoms with Gasteiger partial charge in [-0.25, -0.2) is 18.0 Å². The number of alkyl halides is 2. The first-order valence-corrected chi connectivity index (χ1v) is 8.36. The number of rotatable bonds is 5. The van der Waals surface area contributed by atoms with E-state index < -0.39 is 24.3 Å². The second-order valence-corrected chi connectivity index (χ2v) is 5.87. The van der Waals surface area contributed by atoms with Crippen molar-refractivity contribution in [3.05, 3.63) is 46.4 Å². The van der Waals surface area contributed by atoms with E-state index in [1.807, 2.05) is 0 Å². The molecule has 0 radical (unpaired) electrons. The zero-order valence-corrected chi connectivity index (χ0v) is 14.7. The molecule has 1 aromatic carbocycles. The van der Waals surface area contributed by atoms with Gasteiger partial charge in [-0.1, -0.05) is 6.07 Å². The van der Waals surface area contributed by atoms with Crippen LogP contribution in [0.5, 0.6) is 0 Å². The highest BCUT2D eigenvalue weighted by Gasteiger charge is 2.23. The van der Waals surface area contributed by atoms with E-state index in [4.69, 9.17) is 10.5 Å². The summed E-state index contributed by atoms with van der Waals surface area (Å²) >= 11 is 0. The third-order valence-electron chi connectivity index (χ3n) is 4.09. The van der Waals surface area contributed by atoms with Crippen LogP contribution in [0.25, 0.3) is 0 Å². The highest BCUT2D eigenvalue weighted by Crippen LogP contribution is 2.30. The SMILES string of the molecule is CCOC(=O)C(N)=C1CNCCC1=NC(C)c1ccc(F)cc1C(F)F. The van der Waals surface area contributed by atoms with Gasteiger partial charge in [0.2, 0.25) is 0 Å². The molecule has 0 aromatic heterocycles. The van der Waals surface area contributed by atoms with E-state index in [1.54, 1.807) is 13.8 Å². The molecule has 26 heavy (non-hydrogen) atoms. The van der Waals surface area contributed by atoms with Crippen LogP contribution in [-0.4, -0.2) is 31.4 Å². The Bertz CT molecular complexity index is 732. The predicted molar refractivity (Wildman–Crippen MR) is 92.5 cm³/mol. The van der Waals surface area contributed by atoms with Gasteiger partial charge in [-0.3, -0.25) is 4.99 Å². The second kappa shape index (κ2) is 8.84. The van der Waals surface area contributed by atoms with Gasteiger partial charge in [-0.2, -0.15) is 0 Å². The number of nitrogens with one attached hydrogen (secondary N) is 1. The Labute approximate surface area is 150 Å². The molecule has 1 aliphatic heterocycles. The number of ether oxygens (including phenoxy) is 1. The van der Waals surface area contributed by atoms with Crippen LogP contribution in [0.3, 0.4) is 0 Å². The lowest BCUT2D eigenvalue weighted by Gasteiger charge is -2.22. The van der Waals surface area contributed by atoms with E-state index in [2.05, 4.69) is 10.3 Å². The number of hydrogen-bond acceptors (Lipinski definition) is 5. The Balaban J connectivity index is 2.40. The van der Waals surface area contributed by atoms with Gasteiger partial charge < -0.3 is 15.8 Å². The first-order valence-electron chi connectivity index (χ1n) is 8.36. The van der Waals surface area contributed by atoms with E-state index in [-0.39, 0.29) is 23.4 Å². The Morgan fingerprint density at radius 2 is 2.12 bits per heavy atom. The van der Waals surface area contributed by atoms with E-state index in [0.29, 0.717) is 30.8 Å². The Morgan fingerprint density at radius 3 is 2.77 bits per heavy atom. The third-order valence-corrected chi connectivity index (χ3v) is 4.09. The van der Waals surface area contributed by atoms with Crippen LogP contribution in [0.4, 0.5) is 13.2 Å². The number of halogens is 3. The highest BCUT2D eigenvalue weighted by molar-refractivity contribution is 6.07. The summed E-state index contributed by atoms with van der Waals surface area (Å²) in [6.07, 6.45) is -2.32. The average molecular weight is 369 g/mol. The second-order valence-electron chi connectivity index (χ2n) is 5.87. The van der Waals surface area contributed by atoms with E-state index in [1.165, 1.54) is 6.07 Å². The summed E-state index contributed by atoms with van der Waals surface area (Å²) < 4.78 is 44.7. The van der Waals surface area contributed by atoms with Crippen LogP contribution in [0.2, 0.25) is 0 Å². The lowest BCUT2D eigenvalue weighted by Crippen LogP contribution is -2.35. The third kappa shape index (κ3) is 4.63. The number of hydrogen-bond donors (Lipinski definition) is 2. The Kier molecular flexibility index (Phi) is 6.79. The molecule has 0 amide bonds. The molecular formula is C18H22F3N3O2. The molecule has 0 bridgehead atoms. The minimum Gasteiger partial charge on any atom is -0.461 e. The van der Waals surface area contributed by atoms with E-state index in [0.717, 1.165) is 12.1 Å². The largest absolute Gasteiger partial charge is 0.461 e. The number of esters is 1. The van der Waals surface area contributed by atoms with Crippen molar-refractivity contribution < 1.29 is 22.7 Å². The van der Waals surface area contributed by atoms with Gasteiger partial charge in [0, 0.05) is 36.4 Å². The van der Waals surface area contributed by atoms with Crippen molar-refractivity contribution in [2.75, 3.05) is 19.7 Å². The number of benzene rings is 1. The summed E-state index contributed by atoms with van der Waals surface area (Å²) in [5.74, 6) is -1.36. The molecule has 2 rings (SSSR count). The minimum absolute atomic E-state index is 0.0433. The maximum Gasteiger partial charge on any atom is 0.354 e. The molecule has 8 heteroatoms. The van der Waals surface area contributed by atoms with Crippen molar-refractivity contribution in [3.8, 4) is 0 Å². The summed E-state index contributed by atoms with van der Waals surface area (Å²) in [6.45, 7) is 4.47. The molecule has 1 aromatic rings. The summed E-state index contributed by atoms with van der Waals surface area (Å²) in [5, 5.41) is 3.10. The molecule has 5 nitrogen and oxygen atoms in total. The fraction of sp³-hybridized carbons (Fsp3) is 0.444. The number of piperidine rings is 1. The number of carbonyl (C=O) groups is 1. The molecule has 0 spiro atoms. The first kappa shape index (κ1) is 20.0. The molecule has 1 heterocycles. The first-order chi connectivity index (χ1) is 12.3. The molecule has 1 aliphatic rings. The molecule has 0 saturated carbocycles. The zero-order chi connectivity index (χ0) is 19.3. The Hall–Kier alpha value is -2.35. The number of carbonyl (C=O) groups excluding carboxylic acids is 1. The summed E-state index contributed by atoms with van der Waals surface area (Å²) in [4.78, 5) is 16.4. The number of nitrogens with two attached hydrogens (primary N) is 1. The van der Waals surface area contributed by atoms with Crippen molar-refractivity contribution in [1.29, 1.82) is 0 Å². The summed E-state index contributed by atoms with van der Waals surface area (Å²) in [5.41, 5.74) is 6.76. The van der Waals surface area contributed by atoms with Gasteiger partial charge >= 0.3 is 5.97 Å². The Morgan fingerprint density at radius 1 is 1.38 bits per heavy atom. The van der Waals surface area contributed by atoms with E-state index in [9.17, 15) is 18.0 Å². The lowest BCUT2D eigenvalue weighted by atomic mass is 9.98. The molecule has 1 saturated heterocycles. The van der Waals surface area contributed by atoms with Crippen molar-refractivity contribution in [3.63, 3.8) is 0 Å². The quantitative estimate of drug-likeness (QED) is 0.618. The fourth-order valence-corrected chi connectivity index (χ4v) is 2.82. The smallest absolute Gasteiger partial charge is 0.354 e. The normalized spacial score (nSPS) is 19.5. The van der Waals surface area contributed by atoms with Gasteiger partial charge in [-0.15, -0.1) is 0 Å². The summed E-state index contributed by atoms with van der Waals surface area (Å²) in [7, 11) is 0. The monoisotopic (exact) mass is 369 g/mol. The maximum absolute atomic E-state index is 13.3. The van der Waals surface area contributed by atoms with E-state index >= 15 is 0 Å². The van der Waals surface area contributed by atoms with Gasteiger partial charge in [-0.05, 0) is 31.5 Å². The van der Waals surface area contributed by atoms with Crippen molar-refractivity contribution in [2.24, 2.45) is 10.7 Å². The topological polar surface area (TPSA) is 76.7 Å². The van der Waals surface area contributed by atoms with Gasteiger partial charge in [0.15, 0.2) is 0 Å². The van der Waals surface area contributed by atoms with Crippen LogP contribution in [-0.2, 0) is 9.53 Å². The molecular weight excluding hydrogens is 347 g/mol. The van der Waals surface area contributed by atoms with Gasteiger partial charge in [0.25, 0.3) is 6.43 Å². The van der Waals surface area contributed by atoms with Gasteiger partial charge in [0.05, 0.1) is 12.6 Å². The zero-order valence-electron chi connectivity index (χ0n) is 14.7. The van der Waals surface area contributed by atoms with Crippen LogP contribution in [0, 0.1) is 5.82 Å². The van der Waals surface area contributed by atoms with Crippen LogP contribution in [0.15, 0.2) is 34.5 Å². The number of aliphatic imine (C=N–C) groups is 1. The molecule has 3 N–H and O–H groups in total. The predicted octanol–water partition coefficient (Wildman–Crippen LogP) is 3.03. The molecule has 142 valence electrons.